The number of carbonyl (C=O) groups excluding carboxylic acids is 1. The summed E-state index contributed by atoms with van der Waals surface area (Å²) in [5, 5.41) is 2.73. The van der Waals surface area contributed by atoms with Crippen LogP contribution in [0, 0.1) is 11.7 Å². The van der Waals surface area contributed by atoms with Gasteiger partial charge in [0, 0.05) is 17.3 Å². The smallest absolute Gasteiger partial charge is 0.228 e. The molecule has 0 aliphatic heterocycles. The monoisotopic (exact) mass is 270 g/mol. The van der Waals surface area contributed by atoms with E-state index in [9.17, 15) is 9.18 Å². The lowest BCUT2D eigenvalue weighted by atomic mass is 10.1. The highest BCUT2D eigenvalue weighted by molar-refractivity contribution is 5.95. The van der Waals surface area contributed by atoms with Crippen molar-refractivity contribution >= 4 is 17.3 Å². The summed E-state index contributed by atoms with van der Waals surface area (Å²) in [7, 11) is 0. The number of benzene rings is 2. The van der Waals surface area contributed by atoms with Crippen molar-refractivity contribution in [2.45, 2.75) is 12.3 Å². The first-order chi connectivity index (χ1) is 9.63. The molecule has 102 valence electrons. The van der Waals surface area contributed by atoms with Crippen LogP contribution in [-0.4, -0.2) is 5.91 Å². The number of nitrogen functional groups attached to an aromatic ring is 1. The summed E-state index contributed by atoms with van der Waals surface area (Å²) in [4.78, 5) is 12.1. The van der Waals surface area contributed by atoms with E-state index in [4.69, 9.17) is 5.73 Å². The first-order valence-corrected chi connectivity index (χ1v) is 6.55. The summed E-state index contributed by atoms with van der Waals surface area (Å²) in [5.74, 6) is -0.302. The Morgan fingerprint density at radius 3 is 2.65 bits per heavy atom. The van der Waals surface area contributed by atoms with Crippen LogP contribution >= 0.6 is 0 Å². The zero-order chi connectivity index (χ0) is 14.1. The number of amides is 1. The predicted molar refractivity (Wildman–Crippen MR) is 76.7 cm³/mol. The largest absolute Gasteiger partial charge is 0.399 e. The third-order valence-corrected chi connectivity index (χ3v) is 3.54. The predicted octanol–water partition coefficient (Wildman–Crippen LogP) is 3.15. The fourth-order valence-electron chi connectivity index (χ4n) is 2.47. The van der Waals surface area contributed by atoms with Crippen LogP contribution in [0.3, 0.4) is 0 Å². The summed E-state index contributed by atoms with van der Waals surface area (Å²) in [6.45, 7) is 0. The van der Waals surface area contributed by atoms with E-state index in [2.05, 4.69) is 5.32 Å². The zero-order valence-electron chi connectivity index (χ0n) is 10.8. The number of hydrogen-bond acceptors (Lipinski definition) is 2. The highest BCUT2D eigenvalue weighted by atomic mass is 19.1. The molecular formula is C16H15FN2O. The molecule has 3 N–H and O–H groups in total. The van der Waals surface area contributed by atoms with Gasteiger partial charge in [-0.25, -0.2) is 4.39 Å². The number of hydrogen-bond donors (Lipinski definition) is 2. The lowest BCUT2D eigenvalue weighted by molar-refractivity contribution is -0.117. The fraction of sp³-hybridized carbons (Fsp3) is 0.188. The van der Waals surface area contributed by atoms with Gasteiger partial charge in [0.15, 0.2) is 0 Å². The average Bonchev–Trinajstić information content (AvgIpc) is 3.18. The Kier molecular flexibility index (Phi) is 3.14. The van der Waals surface area contributed by atoms with Gasteiger partial charge < -0.3 is 11.1 Å². The van der Waals surface area contributed by atoms with Crippen LogP contribution in [0.5, 0.6) is 0 Å². The van der Waals surface area contributed by atoms with Crippen molar-refractivity contribution in [3.63, 3.8) is 0 Å². The van der Waals surface area contributed by atoms with E-state index in [0.717, 1.165) is 6.42 Å². The quantitative estimate of drug-likeness (QED) is 0.842. The second-order valence-corrected chi connectivity index (χ2v) is 5.12. The van der Waals surface area contributed by atoms with Crippen molar-refractivity contribution in [2.75, 3.05) is 11.1 Å². The molecule has 1 saturated carbocycles. The number of rotatable bonds is 3. The van der Waals surface area contributed by atoms with Crippen molar-refractivity contribution in [1.82, 2.24) is 0 Å². The molecule has 1 amide bonds. The first kappa shape index (κ1) is 12.7. The van der Waals surface area contributed by atoms with Crippen LogP contribution < -0.4 is 11.1 Å². The molecule has 3 rings (SSSR count). The number of anilines is 2. The van der Waals surface area contributed by atoms with Crippen molar-refractivity contribution < 1.29 is 9.18 Å². The molecule has 1 aliphatic rings. The Balaban J connectivity index is 1.67. The van der Waals surface area contributed by atoms with E-state index in [1.165, 1.54) is 17.7 Å². The second-order valence-electron chi connectivity index (χ2n) is 5.12. The van der Waals surface area contributed by atoms with E-state index in [0.29, 0.717) is 11.4 Å². The molecule has 0 spiro atoms. The van der Waals surface area contributed by atoms with Gasteiger partial charge in [0.1, 0.15) is 5.82 Å². The third kappa shape index (κ3) is 2.64. The standard InChI is InChI=1S/C16H15FN2O/c17-11-6-12(18)8-13(7-11)19-16(20)15-9-14(15)10-4-2-1-3-5-10/h1-8,14-15H,9,18H2,(H,19,20). The third-order valence-electron chi connectivity index (χ3n) is 3.54. The minimum Gasteiger partial charge on any atom is -0.399 e. The van der Waals surface area contributed by atoms with E-state index in [-0.39, 0.29) is 17.7 Å². The number of carbonyl (C=O) groups is 1. The molecule has 0 saturated heterocycles. The highest BCUT2D eigenvalue weighted by Gasteiger charge is 2.43. The SMILES string of the molecule is Nc1cc(F)cc(NC(=O)C2CC2c2ccccc2)c1. The van der Waals surface area contributed by atoms with Gasteiger partial charge in [0.25, 0.3) is 0 Å². The topological polar surface area (TPSA) is 55.1 Å². The molecule has 4 heteroatoms. The number of halogens is 1. The molecule has 2 aromatic rings. The fourth-order valence-corrected chi connectivity index (χ4v) is 2.47. The zero-order valence-corrected chi connectivity index (χ0v) is 10.8. The van der Waals surface area contributed by atoms with Gasteiger partial charge in [-0.3, -0.25) is 4.79 Å². The van der Waals surface area contributed by atoms with E-state index in [1.54, 1.807) is 6.07 Å². The summed E-state index contributed by atoms with van der Waals surface area (Å²) in [5.41, 5.74) is 7.44. The van der Waals surface area contributed by atoms with Gasteiger partial charge in [-0.2, -0.15) is 0 Å². The summed E-state index contributed by atoms with van der Waals surface area (Å²) in [6.07, 6.45) is 0.834. The molecule has 1 fully saturated rings. The minimum absolute atomic E-state index is 0.0399. The van der Waals surface area contributed by atoms with Crippen molar-refractivity contribution in [3.05, 3.63) is 59.9 Å². The Bertz CT molecular complexity index is 622. The van der Waals surface area contributed by atoms with Gasteiger partial charge >= 0.3 is 0 Å². The normalized spacial score (nSPS) is 20.4. The average molecular weight is 270 g/mol. The van der Waals surface area contributed by atoms with Gasteiger partial charge in [-0.15, -0.1) is 0 Å². The van der Waals surface area contributed by atoms with Crippen LogP contribution in [0.1, 0.15) is 17.9 Å². The maximum atomic E-state index is 13.2. The molecular weight excluding hydrogens is 255 g/mol. The van der Waals surface area contributed by atoms with Crippen LogP contribution in [0.25, 0.3) is 0 Å². The second kappa shape index (κ2) is 4.96. The first-order valence-electron chi connectivity index (χ1n) is 6.55. The Morgan fingerprint density at radius 2 is 1.95 bits per heavy atom. The van der Waals surface area contributed by atoms with Gasteiger partial charge in [-0.05, 0) is 36.1 Å². The van der Waals surface area contributed by atoms with E-state index < -0.39 is 5.82 Å². The molecule has 0 radical (unpaired) electrons. The molecule has 3 nitrogen and oxygen atoms in total. The van der Waals surface area contributed by atoms with Gasteiger partial charge in [0.2, 0.25) is 5.91 Å². The highest BCUT2D eigenvalue weighted by Crippen LogP contribution is 2.47. The molecule has 0 bridgehead atoms. The molecule has 2 unspecified atom stereocenters. The summed E-state index contributed by atoms with van der Waals surface area (Å²) >= 11 is 0. The lowest BCUT2D eigenvalue weighted by Gasteiger charge is -2.06. The summed E-state index contributed by atoms with van der Waals surface area (Å²) in [6, 6.07) is 14.0. The molecule has 20 heavy (non-hydrogen) atoms. The van der Waals surface area contributed by atoms with Crippen molar-refractivity contribution in [3.8, 4) is 0 Å². The molecule has 0 heterocycles. The van der Waals surface area contributed by atoms with Crippen LogP contribution in [0.2, 0.25) is 0 Å². The van der Waals surface area contributed by atoms with Crippen LogP contribution in [0.4, 0.5) is 15.8 Å². The van der Waals surface area contributed by atoms with E-state index >= 15 is 0 Å². The molecule has 2 atom stereocenters. The van der Waals surface area contributed by atoms with Crippen molar-refractivity contribution in [2.24, 2.45) is 5.92 Å². The summed E-state index contributed by atoms with van der Waals surface area (Å²) < 4.78 is 13.2. The van der Waals surface area contributed by atoms with E-state index in [1.807, 2.05) is 30.3 Å². The van der Waals surface area contributed by atoms with Crippen LogP contribution in [-0.2, 0) is 4.79 Å². The maximum absolute atomic E-state index is 13.2. The molecule has 1 aliphatic carbocycles. The maximum Gasteiger partial charge on any atom is 0.228 e. The van der Waals surface area contributed by atoms with Crippen molar-refractivity contribution in [1.29, 1.82) is 0 Å². The van der Waals surface area contributed by atoms with Gasteiger partial charge in [0.05, 0.1) is 0 Å². The van der Waals surface area contributed by atoms with Crippen LogP contribution in [0.15, 0.2) is 48.5 Å². The minimum atomic E-state index is -0.448. The Labute approximate surface area is 116 Å². The Hall–Kier alpha value is -2.36. The molecule has 2 aromatic carbocycles. The number of nitrogens with one attached hydrogen (secondary N) is 1. The van der Waals surface area contributed by atoms with Gasteiger partial charge in [-0.1, -0.05) is 30.3 Å². The Morgan fingerprint density at radius 1 is 1.20 bits per heavy atom. The molecule has 0 aromatic heterocycles. The lowest BCUT2D eigenvalue weighted by Crippen LogP contribution is -2.14. The number of nitrogens with two attached hydrogens (primary N) is 1.